The van der Waals surface area contributed by atoms with Gasteiger partial charge in [-0.3, -0.25) is 15.6 Å². The predicted octanol–water partition coefficient (Wildman–Crippen LogP) is 3.91. The van der Waals surface area contributed by atoms with Gasteiger partial charge in [0.25, 0.3) is 5.91 Å². The molecule has 0 aromatic heterocycles. The van der Waals surface area contributed by atoms with Gasteiger partial charge in [-0.2, -0.15) is 0 Å². The molecule has 1 amide bonds. The molecule has 3 N–H and O–H groups in total. The molecule has 1 atom stereocenters. The van der Waals surface area contributed by atoms with E-state index in [4.69, 9.17) is 17.0 Å². The van der Waals surface area contributed by atoms with Crippen LogP contribution in [0.4, 0.5) is 10.1 Å². The first kappa shape index (κ1) is 20.6. The van der Waals surface area contributed by atoms with Crippen molar-refractivity contribution in [2.24, 2.45) is 0 Å². The van der Waals surface area contributed by atoms with Crippen LogP contribution in [0, 0.1) is 5.82 Å². The minimum Gasteiger partial charge on any atom is -0.481 e. The number of ether oxygens (including phenoxy) is 1. The largest absolute Gasteiger partial charge is 0.481 e. The molecular formula is C20H24FN3O2S. The Morgan fingerprint density at radius 3 is 2.19 bits per heavy atom. The van der Waals surface area contributed by atoms with Crippen LogP contribution in [0.25, 0.3) is 0 Å². The molecular weight excluding hydrogens is 365 g/mol. The van der Waals surface area contributed by atoms with Crippen LogP contribution in [0.2, 0.25) is 0 Å². The topological polar surface area (TPSA) is 62.4 Å². The van der Waals surface area contributed by atoms with Gasteiger partial charge in [0, 0.05) is 5.69 Å². The number of hydrazine groups is 1. The van der Waals surface area contributed by atoms with Crippen LogP contribution in [0.1, 0.15) is 33.3 Å². The first-order chi connectivity index (χ1) is 12.6. The van der Waals surface area contributed by atoms with E-state index in [0.29, 0.717) is 11.4 Å². The lowest BCUT2D eigenvalue weighted by Gasteiger charge is -2.20. The number of hydrogen-bond donors (Lipinski definition) is 3. The van der Waals surface area contributed by atoms with E-state index in [1.807, 2.05) is 24.3 Å². The third kappa shape index (κ3) is 6.53. The van der Waals surface area contributed by atoms with Gasteiger partial charge in [0.05, 0.1) is 0 Å². The second kappa shape index (κ2) is 8.81. The molecule has 5 nitrogen and oxygen atoms in total. The minimum atomic E-state index is -0.716. The Morgan fingerprint density at radius 2 is 1.63 bits per heavy atom. The van der Waals surface area contributed by atoms with Crippen molar-refractivity contribution in [3.8, 4) is 5.75 Å². The Bertz CT molecular complexity index is 786. The molecule has 0 fully saturated rings. The Labute approximate surface area is 164 Å². The Balaban J connectivity index is 1.81. The Morgan fingerprint density at radius 1 is 1.04 bits per heavy atom. The monoisotopic (exact) mass is 389 g/mol. The molecule has 0 heterocycles. The second-order valence-corrected chi connectivity index (χ2v) is 7.52. The summed E-state index contributed by atoms with van der Waals surface area (Å²) in [5.74, 6) is -0.106. The molecule has 144 valence electrons. The summed E-state index contributed by atoms with van der Waals surface area (Å²) in [7, 11) is 0. The van der Waals surface area contributed by atoms with E-state index in [-0.39, 0.29) is 22.3 Å². The molecule has 0 aliphatic heterocycles. The molecule has 2 aromatic carbocycles. The summed E-state index contributed by atoms with van der Waals surface area (Å²) in [4.78, 5) is 12.1. The molecule has 2 rings (SSSR count). The lowest BCUT2D eigenvalue weighted by Crippen LogP contribution is -2.48. The second-order valence-electron chi connectivity index (χ2n) is 7.11. The molecule has 0 bridgehead atoms. The number of anilines is 1. The van der Waals surface area contributed by atoms with E-state index in [9.17, 15) is 9.18 Å². The van der Waals surface area contributed by atoms with Crippen molar-refractivity contribution >= 4 is 28.9 Å². The van der Waals surface area contributed by atoms with E-state index < -0.39 is 6.10 Å². The quantitative estimate of drug-likeness (QED) is 0.547. The highest BCUT2D eigenvalue weighted by Gasteiger charge is 2.16. The third-order valence-corrected chi connectivity index (χ3v) is 4.01. The van der Waals surface area contributed by atoms with Crippen LogP contribution in [-0.2, 0) is 10.2 Å². The number of nitrogens with one attached hydrogen (secondary N) is 3. The van der Waals surface area contributed by atoms with Gasteiger partial charge in [-0.05, 0) is 66.5 Å². The van der Waals surface area contributed by atoms with Crippen molar-refractivity contribution in [1.29, 1.82) is 0 Å². The number of halogens is 1. The smallest absolute Gasteiger partial charge is 0.279 e. The van der Waals surface area contributed by atoms with Gasteiger partial charge in [-0.1, -0.05) is 32.9 Å². The molecule has 0 aliphatic rings. The molecule has 0 saturated carbocycles. The summed E-state index contributed by atoms with van der Waals surface area (Å²) >= 11 is 5.08. The maximum Gasteiger partial charge on any atom is 0.279 e. The first-order valence-corrected chi connectivity index (χ1v) is 8.95. The highest BCUT2D eigenvalue weighted by molar-refractivity contribution is 7.80. The number of hydrogen-bond acceptors (Lipinski definition) is 3. The van der Waals surface area contributed by atoms with Crippen molar-refractivity contribution in [2.75, 3.05) is 5.32 Å². The number of rotatable bonds is 4. The third-order valence-electron chi connectivity index (χ3n) is 3.80. The molecule has 0 unspecified atom stereocenters. The molecule has 0 aliphatic carbocycles. The van der Waals surface area contributed by atoms with Crippen molar-refractivity contribution in [1.82, 2.24) is 10.9 Å². The zero-order valence-electron chi connectivity index (χ0n) is 15.8. The maximum atomic E-state index is 12.9. The molecule has 27 heavy (non-hydrogen) atoms. The first-order valence-electron chi connectivity index (χ1n) is 8.55. The molecule has 0 saturated heterocycles. The summed E-state index contributed by atoms with van der Waals surface area (Å²) in [5, 5.41) is 3.01. The summed E-state index contributed by atoms with van der Waals surface area (Å²) in [5.41, 5.74) is 6.91. The van der Waals surface area contributed by atoms with Crippen molar-refractivity contribution in [3.63, 3.8) is 0 Å². The fourth-order valence-electron chi connectivity index (χ4n) is 2.21. The molecule has 0 radical (unpaired) electrons. The van der Waals surface area contributed by atoms with Crippen LogP contribution in [0.5, 0.6) is 5.75 Å². The summed E-state index contributed by atoms with van der Waals surface area (Å²) in [6.07, 6.45) is -0.716. The van der Waals surface area contributed by atoms with Gasteiger partial charge in [0.15, 0.2) is 11.2 Å². The molecule has 0 spiro atoms. The number of thiocarbonyl (C=S) groups is 1. The highest BCUT2D eigenvalue weighted by atomic mass is 32.1. The fraction of sp³-hybridized carbons (Fsp3) is 0.300. The van der Waals surface area contributed by atoms with Crippen molar-refractivity contribution < 1.29 is 13.9 Å². The van der Waals surface area contributed by atoms with Gasteiger partial charge in [-0.15, -0.1) is 0 Å². The van der Waals surface area contributed by atoms with Gasteiger partial charge >= 0.3 is 0 Å². The summed E-state index contributed by atoms with van der Waals surface area (Å²) in [6, 6.07) is 13.4. The summed E-state index contributed by atoms with van der Waals surface area (Å²) in [6.45, 7) is 8.04. The normalized spacial score (nSPS) is 12.0. The van der Waals surface area contributed by atoms with E-state index in [2.05, 4.69) is 36.9 Å². The lowest BCUT2D eigenvalue weighted by molar-refractivity contribution is -0.127. The molecule has 7 heteroatoms. The van der Waals surface area contributed by atoms with E-state index in [0.717, 1.165) is 0 Å². The van der Waals surface area contributed by atoms with Gasteiger partial charge in [0.1, 0.15) is 11.6 Å². The van der Waals surface area contributed by atoms with Crippen LogP contribution in [0.3, 0.4) is 0 Å². The van der Waals surface area contributed by atoms with Crippen LogP contribution in [0.15, 0.2) is 48.5 Å². The van der Waals surface area contributed by atoms with Crippen molar-refractivity contribution in [3.05, 3.63) is 59.9 Å². The zero-order chi connectivity index (χ0) is 20.0. The molecule has 2 aromatic rings. The SMILES string of the molecule is C[C@H](Oc1ccc(C(C)(C)C)cc1)C(=O)NNC(=S)Nc1ccc(F)cc1. The number of amides is 1. The van der Waals surface area contributed by atoms with Gasteiger partial charge < -0.3 is 10.1 Å². The number of carbonyl (C=O) groups is 1. The van der Waals surface area contributed by atoms with E-state index >= 15 is 0 Å². The van der Waals surface area contributed by atoms with Gasteiger partial charge in [0.2, 0.25) is 0 Å². The highest BCUT2D eigenvalue weighted by Crippen LogP contribution is 2.24. The van der Waals surface area contributed by atoms with Crippen LogP contribution >= 0.6 is 12.2 Å². The Hall–Kier alpha value is -2.67. The fourth-order valence-corrected chi connectivity index (χ4v) is 2.38. The van der Waals surface area contributed by atoms with Gasteiger partial charge in [-0.25, -0.2) is 4.39 Å². The maximum absolute atomic E-state index is 12.9. The predicted molar refractivity (Wildman–Crippen MR) is 109 cm³/mol. The Kier molecular flexibility index (Phi) is 6.74. The number of carbonyl (C=O) groups excluding carboxylic acids is 1. The summed E-state index contributed by atoms with van der Waals surface area (Å²) < 4.78 is 18.5. The average molecular weight is 389 g/mol. The van der Waals surface area contributed by atoms with Crippen molar-refractivity contribution in [2.45, 2.75) is 39.2 Å². The lowest BCUT2D eigenvalue weighted by atomic mass is 9.87. The van der Waals surface area contributed by atoms with Crippen LogP contribution < -0.4 is 20.9 Å². The van der Waals surface area contributed by atoms with Crippen LogP contribution in [-0.4, -0.2) is 17.1 Å². The zero-order valence-corrected chi connectivity index (χ0v) is 16.6. The van der Waals surface area contributed by atoms with E-state index in [1.165, 1.54) is 29.8 Å². The minimum absolute atomic E-state index is 0.0542. The average Bonchev–Trinajstić information content (AvgIpc) is 2.61. The standard InChI is InChI=1S/C20H24FN3O2S/c1-13(26-17-11-5-14(6-12-17)20(2,3)4)18(25)23-24-19(27)22-16-9-7-15(21)8-10-16/h5-13H,1-4H3,(H,23,25)(H2,22,24,27)/t13-/m0/s1. The van der Waals surface area contributed by atoms with E-state index in [1.54, 1.807) is 6.92 Å². The number of benzene rings is 2.